The molecule has 0 radical (unpaired) electrons. The van der Waals surface area contributed by atoms with Crippen LogP contribution in [0.2, 0.25) is 0 Å². The smallest absolute Gasteiger partial charge is 0.421 e. The molecule has 9 nitrogen and oxygen atoms in total. The van der Waals surface area contributed by atoms with E-state index in [2.05, 4.69) is 32.5 Å². The predicted octanol–water partition coefficient (Wildman–Crippen LogP) is 5.02. The van der Waals surface area contributed by atoms with Crippen LogP contribution in [0.1, 0.15) is 23.6 Å². The summed E-state index contributed by atoms with van der Waals surface area (Å²) in [6, 6.07) is 9.70. The van der Waals surface area contributed by atoms with Crippen LogP contribution in [0, 0.1) is 0 Å². The van der Waals surface area contributed by atoms with E-state index in [9.17, 15) is 22.8 Å². The molecule has 0 aliphatic carbocycles. The Balaban J connectivity index is 1.65. The zero-order valence-corrected chi connectivity index (χ0v) is 20.6. The zero-order valence-electron chi connectivity index (χ0n) is 20.6. The number of methoxy groups -OCH3 is 1. The molecule has 1 aliphatic heterocycles. The van der Waals surface area contributed by atoms with E-state index < -0.39 is 23.5 Å². The van der Waals surface area contributed by atoms with Gasteiger partial charge in [0.25, 0.3) is 0 Å². The third-order valence-electron chi connectivity index (χ3n) is 5.92. The average Bonchev–Trinajstić information content (AvgIpc) is 2.87. The van der Waals surface area contributed by atoms with Crippen molar-refractivity contribution < 1.29 is 27.5 Å². The van der Waals surface area contributed by atoms with Gasteiger partial charge in [0.15, 0.2) is 0 Å². The summed E-state index contributed by atoms with van der Waals surface area (Å²) < 4.78 is 46.8. The first kappa shape index (κ1) is 26.5. The second-order valence-electron chi connectivity index (χ2n) is 8.45. The van der Waals surface area contributed by atoms with Crippen LogP contribution in [-0.2, 0) is 28.7 Å². The van der Waals surface area contributed by atoms with Gasteiger partial charge in [0.2, 0.25) is 17.8 Å². The van der Waals surface area contributed by atoms with E-state index in [1.54, 1.807) is 23.1 Å². The lowest BCUT2D eigenvalue weighted by Gasteiger charge is -2.29. The third-order valence-corrected chi connectivity index (χ3v) is 5.92. The first-order valence-corrected chi connectivity index (χ1v) is 11.5. The zero-order chi connectivity index (χ0) is 27.4. The summed E-state index contributed by atoms with van der Waals surface area (Å²) in [5.74, 6) is -0.537. The van der Waals surface area contributed by atoms with Gasteiger partial charge in [-0.05, 0) is 42.3 Å². The Morgan fingerprint density at radius 3 is 2.61 bits per heavy atom. The second-order valence-corrected chi connectivity index (χ2v) is 8.45. The summed E-state index contributed by atoms with van der Waals surface area (Å²) in [6.45, 7) is 5.86. The molecular formula is C26H25F3N6O3. The molecule has 1 aromatic heterocycles. The van der Waals surface area contributed by atoms with Gasteiger partial charge in [-0.3, -0.25) is 9.59 Å². The quantitative estimate of drug-likeness (QED) is 0.371. The summed E-state index contributed by atoms with van der Waals surface area (Å²) in [7, 11) is 1.50. The van der Waals surface area contributed by atoms with Crippen LogP contribution in [0.4, 0.5) is 42.0 Å². The minimum Gasteiger partial charge on any atom is -0.494 e. The second kappa shape index (κ2) is 10.8. The molecular weight excluding hydrogens is 501 g/mol. The number of hydrogen-bond donors (Lipinski definition) is 3. The normalized spacial score (nSPS) is 12.8. The number of ether oxygens (including phenoxy) is 1. The lowest BCUT2D eigenvalue weighted by Crippen LogP contribution is -2.34. The summed E-state index contributed by atoms with van der Waals surface area (Å²) in [6.07, 6.45) is -2.39. The number of amides is 2. The Morgan fingerprint density at radius 2 is 1.92 bits per heavy atom. The summed E-state index contributed by atoms with van der Waals surface area (Å²) >= 11 is 0. The van der Waals surface area contributed by atoms with Gasteiger partial charge in [-0.2, -0.15) is 18.2 Å². The molecule has 0 unspecified atom stereocenters. The van der Waals surface area contributed by atoms with Gasteiger partial charge in [-0.15, -0.1) is 0 Å². The number of fused-ring (bicyclic) bond motifs is 1. The number of nitrogens with zero attached hydrogens (tertiary/aromatic N) is 3. The largest absolute Gasteiger partial charge is 0.494 e. The molecule has 0 spiro atoms. The maximum absolute atomic E-state index is 13.7. The third kappa shape index (κ3) is 5.85. The molecule has 0 saturated heterocycles. The highest BCUT2D eigenvalue weighted by Crippen LogP contribution is 2.38. The molecule has 3 aromatic rings. The van der Waals surface area contributed by atoms with Gasteiger partial charge in [-0.1, -0.05) is 18.7 Å². The molecule has 1 aliphatic rings. The maximum atomic E-state index is 13.7. The number of alkyl halides is 3. The fourth-order valence-electron chi connectivity index (χ4n) is 4.09. The molecule has 2 heterocycles. The molecule has 4 rings (SSSR count). The van der Waals surface area contributed by atoms with Crippen molar-refractivity contribution in [2.24, 2.45) is 0 Å². The van der Waals surface area contributed by atoms with E-state index in [1.165, 1.54) is 26.2 Å². The number of hydrogen-bond acceptors (Lipinski definition) is 7. The minimum atomic E-state index is -4.72. The van der Waals surface area contributed by atoms with E-state index in [1.807, 2.05) is 6.07 Å². The van der Waals surface area contributed by atoms with Gasteiger partial charge < -0.3 is 25.6 Å². The fraction of sp³-hybridized carbons (Fsp3) is 0.231. The monoisotopic (exact) mass is 526 g/mol. The number of aromatic nitrogens is 2. The van der Waals surface area contributed by atoms with Crippen LogP contribution >= 0.6 is 0 Å². The van der Waals surface area contributed by atoms with Crippen molar-refractivity contribution in [2.75, 3.05) is 29.6 Å². The maximum Gasteiger partial charge on any atom is 0.421 e. The molecule has 38 heavy (non-hydrogen) atoms. The Bertz CT molecular complexity index is 1390. The first-order valence-electron chi connectivity index (χ1n) is 11.5. The SMILES string of the molecule is C=CC(=O)Nc1cccc(Nc2nc(Nc3ccc4c(c3OC)CCN(C(C)=O)C4)ncc2C(F)(F)F)c1. The Kier molecular flexibility index (Phi) is 7.51. The molecule has 2 aromatic carbocycles. The summed E-state index contributed by atoms with van der Waals surface area (Å²) in [5.41, 5.74) is 1.87. The van der Waals surface area contributed by atoms with Crippen LogP contribution in [-0.4, -0.2) is 40.3 Å². The number of anilines is 5. The van der Waals surface area contributed by atoms with Crippen molar-refractivity contribution in [1.82, 2.24) is 14.9 Å². The number of nitrogens with one attached hydrogen (secondary N) is 3. The Labute approximate surface area is 216 Å². The number of benzene rings is 2. The van der Waals surface area contributed by atoms with Crippen molar-refractivity contribution in [2.45, 2.75) is 26.1 Å². The van der Waals surface area contributed by atoms with Crippen LogP contribution in [0.25, 0.3) is 0 Å². The van der Waals surface area contributed by atoms with E-state index in [0.29, 0.717) is 42.8 Å². The molecule has 0 bridgehead atoms. The fourth-order valence-corrected chi connectivity index (χ4v) is 4.09. The van der Waals surface area contributed by atoms with Crippen molar-refractivity contribution in [3.63, 3.8) is 0 Å². The van der Waals surface area contributed by atoms with Crippen LogP contribution < -0.4 is 20.7 Å². The van der Waals surface area contributed by atoms with Gasteiger partial charge >= 0.3 is 6.18 Å². The first-order chi connectivity index (χ1) is 18.1. The van der Waals surface area contributed by atoms with Gasteiger partial charge in [0.1, 0.15) is 17.1 Å². The standard InChI is InChI=1S/C26H25F3N6O3/c1-4-22(37)31-17-6-5-7-18(12-17)32-24-20(26(27,28)29)13-30-25(34-24)33-21-9-8-16-14-35(15(2)36)11-10-19(16)23(21)38-3/h4-9,12-13H,1,10-11,14H2,2-3H3,(H,31,37)(H2,30,32,33,34). The Hall–Kier alpha value is -4.61. The summed E-state index contributed by atoms with van der Waals surface area (Å²) in [4.78, 5) is 33.1. The predicted molar refractivity (Wildman–Crippen MR) is 137 cm³/mol. The highest BCUT2D eigenvalue weighted by Gasteiger charge is 2.35. The van der Waals surface area contributed by atoms with Gasteiger partial charge in [0.05, 0.1) is 12.8 Å². The highest BCUT2D eigenvalue weighted by atomic mass is 19.4. The van der Waals surface area contributed by atoms with Crippen molar-refractivity contribution in [3.05, 3.63) is 71.9 Å². The van der Waals surface area contributed by atoms with E-state index in [0.717, 1.165) is 17.2 Å². The van der Waals surface area contributed by atoms with Crippen molar-refractivity contribution in [3.8, 4) is 5.75 Å². The minimum absolute atomic E-state index is 0.0244. The van der Waals surface area contributed by atoms with E-state index in [4.69, 9.17) is 4.74 Å². The van der Waals surface area contributed by atoms with Gasteiger partial charge in [0, 0.05) is 43.1 Å². The topological polar surface area (TPSA) is 108 Å². The van der Waals surface area contributed by atoms with Crippen molar-refractivity contribution >= 4 is 40.6 Å². The van der Waals surface area contributed by atoms with Crippen molar-refractivity contribution in [1.29, 1.82) is 0 Å². The Morgan fingerprint density at radius 1 is 1.16 bits per heavy atom. The molecule has 12 heteroatoms. The summed E-state index contributed by atoms with van der Waals surface area (Å²) in [5, 5.41) is 8.18. The van der Waals surface area contributed by atoms with Crippen LogP contribution in [0.5, 0.6) is 5.75 Å². The molecule has 3 N–H and O–H groups in total. The van der Waals surface area contributed by atoms with E-state index in [-0.39, 0.29) is 17.5 Å². The van der Waals surface area contributed by atoms with E-state index >= 15 is 0 Å². The van der Waals surface area contributed by atoms with Gasteiger partial charge in [-0.25, -0.2) is 4.98 Å². The molecule has 0 atom stereocenters. The lowest BCUT2D eigenvalue weighted by molar-refractivity contribution is -0.137. The van der Waals surface area contributed by atoms with Crippen LogP contribution in [0.3, 0.4) is 0 Å². The number of rotatable bonds is 7. The average molecular weight is 527 g/mol. The molecule has 0 saturated carbocycles. The molecule has 198 valence electrons. The number of halogens is 3. The number of carbonyl (C=O) groups is 2. The molecule has 0 fully saturated rings. The van der Waals surface area contributed by atoms with Crippen LogP contribution in [0.15, 0.2) is 55.3 Å². The lowest BCUT2D eigenvalue weighted by atomic mass is 9.97. The number of carbonyl (C=O) groups excluding carboxylic acids is 2. The highest BCUT2D eigenvalue weighted by molar-refractivity contribution is 5.99. The molecule has 2 amide bonds.